The van der Waals surface area contributed by atoms with Gasteiger partial charge in [0.1, 0.15) is 5.70 Å². The first-order chi connectivity index (χ1) is 14.1. The van der Waals surface area contributed by atoms with Crippen LogP contribution in [0.5, 0.6) is 0 Å². The maximum atomic E-state index is 13.5. The summed E-state index contributed by atoms with van der Waals surface area (Å²) in [7, 11) is 0. The van der Waals surface area contributed by atoms with Crippen molar-refractivity contribution in [3.05, 3.63) is 57.9 Å². The quantitative estimate of drug-likeness (QED) is 0.624. The predicted molar refractivity (Wildman–Crippen MR) is 119 cm³/mol. The molecule has 152 valence electrons. The molecule has 0 radical (unpaired) electrons. The zero-order valence-corrected chi connectivity index (χ0v) is 18.0. The van der Waals surface area contributed by atoms with Gasteiger partial charge in [-0.15, -0.1) is 11.3 Å². The molecule has 4 nitrogen and oxygen atoms in total. The lowest BCUT2D eigenvalue weighted by Crippen LogP contribution is -2.39. The number of amides is 2. The number of aryl methyl sites for hydroxylation is 1. The second-order valence-corrected chi connectivity index (χ2v) is 9.06. The van der Waals surface area contributed by atoms with Crippen LogP contribution in [0.3, 0.4) is 0 Å². The van der Waals surface area contributed by atoms with Crippen molar-refractivity contribution < 1.29 is 9.59 Å². The summed E-state index contributed by atoms with van der Waals surface area (Å²) in [6.07, 6.45) is 5.53. The molecule has 1 aromatic heterocycles. The third-order valence-electron chi connectivity index (χ3n) is 5.81. The molecule has 2 amide bonds. The second-order valence-electron chi connectivity index (χ2n) is 8.11. The fraction of sp³-hybridized carbons (Fsp3) is 0.417. The van der Waals surface area contributed by atoms with Gasteiger partial charge in [0.15, 0.2) is 0 Å². The van der Waals surface area contributed by atoms with Gasteiger partial charge in [-0.25, -0.2) is 4.90 Å². The zero-order valence-electron chi connectivity index (χ0n) is 17.2. The normalized spacial score (nSPS) is 20.1. The molecule has 2 aromatic rings. The van der Waals surface area contributed by atoms with Crippen LogP contribution in [0.2, 0.25) is 0 Å². The Labute approximate surface area is 176 Å². The zero-order chi connectivity index (χ0) is 20.4. The van der Waals surface area contributed by atoms with Gasteiger partial charge in [-0.1, -0.05) is 38.5 Å². The van der Waals surface area contributed by atoms with Crippen LogP contribution in [0.15, 0.2) is 47.5 Å². The van der Waals surface area contributed by atoms with E-state index in [0.717, 1.165) is 43.6 Å². The molecule has 4 rings (SSSR count). The number of rotatable bonds is 6. The van der Waals surface area contributed by atoms with E-state index in [1.165, 1.54) is 28.2 Å². The lowest BCUT2D eigenvalue weighted by molar-refractivity contribution is -0.120. The van der Waals surface area contributed by atoms with Crippen LogP contribution in [0.4, 0.5) is 5.69 Å². The standard InChI is InChI=1S/C24H28N2O2S/c1-3-4-8-18-10-12-19(13-11-18)26-23(27)21(20-9-6-15-29-20)22(24(26)28)25-14-5-7-17(2)16-25/h6,9-13,15,17H,3-5,7-8,14,16H2,1-2H3. The molecule has 0 aliphatic carbocycles. The van der Waals surface area contributed by atoms with Crippen molar-refractivity contribution in [3.8, 4) is 0 Å². The molecule has 5 heteroatoms. The van der Waals surface area contributed by atoms with Crippen LogP contribution in [-0.2, 0) is 16.0 Å². The Morgan fingerprint density at radius 1 is 1.10 bits per heavy atom. The van der Waals surface area contributed by atoms with E-state index >= 15 is 0 Å². The smallest absolute Gasteiger partial charge is 0.282 e. The summed E-state index contributed by atoms with van der Waals surface area (Å²) in [5.41, 5.74) is 3.05. The molecular formula is C24H28N2O2S. The Kier molecular flexibility index (Phi) is 5.86. The second kappa shape index (κ2) is 8.54. The number of benzene rings is 1. The summed E-state index contributed by atoms with van der Waals surface area (Å²) >= 11 is 1.52. The molecular weight excluding hydrogens is 380 g/mol. The molecule has 0 bridgehead atoms. The molecule has 29 heavy (non-hydrogen) atoms. The molecule has 3 heterocycles. The van der Waals surface area contributed by atoms with Gasteiger partial charge in [0.05, 0.1) is 11.3 Å². The van der Waals surface area contributed by atoms with Crippen LogP contribution < -0.4 is 4.90 Å². The minimum atomic E-state index is -0.202. The minimum Gasteiger partial charge on any atom is -0.366 e. The Morgan fingerprint density at radius 2 is 1.90 bits per heavy atom. The van der Waals surface area contributed by atoms with E-state index < -0.39 is 0 Å². The molecule has 0 saturated carbocycles. The lowest BCUT2D eigenvalue weighted by Gasteiger charge is -2.33. The number of piperidine rings is 1. The van der Waals surface area contributed by atoms with E-state index in [1.807, 2.05) is 41.8 Å². The highest BCUT2D eigenvalue weighted by Gasteiger charge is 2.43. The summed E-state index contributed by atoms with van der Waals surface area (Å²) in [6.45, 7) is 6.05. The third-order valence-corrected chi connectivity index (χ3v) is 6.70. The van der Waals surface area contributed by atoms with Gasteiger partial charge in [0.2, 0.25) is 0 Å². The first kappa shape index (κ1) is 19.9. The summed E-state index contributed by atoms with van der Waals surface area (Å²) in [6, 6.07) is 11.8. The Bertz CT molecular complexity index is 915. The predicted octanol–water partition coefficient (Wildman–Crippen LogP) is 5.11. The monoisotopic (exact) mass is 408 g/mol. The molecule has 2 aliphatic heterocycles. The third kappa shape index (κ3) is 3.88. The van der Waals surface area contributed by atoms with Crippen LogP contribution in [0, 0.1) is 5.92 Å². The molecule has 1 saturated heterocycles. The van der Waals surface area contributed by atoms with E-state index in [9.17, 15) is 9.59 Å². The van der Waals surface area contributed by atoms with Gasteiger partial charge in [0.25, 0.3) is 11.8 Å². The van der Waals surface area contributed by atoms with E-state index in [0.29, 0.717) is 22.9 Å². The number of carbonyl (C=O) groups is 2. The summed E-state index contributed by atoms with van der Waals surface area (Å²) in [5.74, 6) is 0.136. The van der Waals surface area contributed by atoms with Crippen molar-refractivity contribution in [2.45, 2.75) is 46.0 Å². The van der Waals surface area contributed by atoms with Crippen molar-refractivity contribution in [2.24, 2.45) is 5.92 Å². The van der Waals surface area contributed by atoms with E-state index in [4.69, 9.17) is 0 Å². The summed E-state index contributed by atoms with van der Waals surface area (Å²) < 4.78 is 0. The van der Waals surface area contributed by atoms with Gasteiger partial charge in [-0.05, 0) is 60.7 Å². The van der Waals surface area contributed by atoms with Gasteiger partial charge in [0, 0.05) is 18.0 Å². The highest BCUT2D eigenvalue weighted by atomic mass is 32.1. The molecule has 1 fully saturated rings. The molecule has 1 atom stereocenters. The lowest BCUT2D eigenvalue weighted by atomic mass is 9.99. The van der Waals surface area contributed by atoms with E-state index in [1.54, 1.807) is 0 Å². The average Bonchev–Trinajstić information content (AvgIpc) is 3.33. The molecule has 0 spiro atoms. The number of imide groups is 1. The topological polar surface area (TPSA) is 40.6 Å². The highest BCUT2D eigenvalue weighted by molar-refractivity contribution is 7.11. The largest absolute Gasteiger partial charge is 0.366 e. The molecule has 0 N–H and O–H groups in total. The van der Waals surface area contributed by atoms with Gasteiger partial charge < -0.3 is 4.90 Å². The number of hydrogen-bond donors (Lipinski definition) is 0. The van der Waals surface area contributed by atoms with E-state index in [2.05, 4.69) is 18.7 Å². The molecule has 1 unspecified atom stereocenters. The molecule has 1 aromatic carbocycles. The van der Waals surface area contributed by atoms with Crippen LogP contribution in [-0.4, -0.2) is 29.8 Å². The van der Waals surface area contributed by atoms with Gasteiger partial charge in [-0.2, -0.15) is 0 Å². The fourth-order valence-electron chi connectivity index (χ4n) is 4.27. The minimum absolute atomic E-state index is 0.186. The Morgan fingerprint density at radius 3 is 2.55 bits per heavy atom. The van der Waals surface area contributed by atoms with Crippen molar-refractivity contribution in [3.63, 3.8) is 0 Å². The van der Waals surface area contributed by atoms with Crippen molar-refractivity contribution in [1.82, 2.24) is 4.90 Å². The van der Waals surface area contributed by atoms with Crippen LogP contribution in [0.1, 0.15) is 50.0 Å². The number of hydrogen-bond acceptors (Lipinski definition) is 4. The first-order valence-corrected chi connectivity index (χ1v) is 11.5. The summed E-state index contributed by atoms with van der Waals surface area (Å²) in [5, 5.41) is 1.96. The first-order valence-electron chi connectivity index (χ1n) is 10.6. The maximum absolute atomic E-state index is 13.5. The number of carbonyl (C=O) groups excluding carboxylic acids is 2. The van der Waals surface area contributed by atoms with Crippen molar-refractivity contribution in [2.75, 3.05) is 18.0 Å². The van der Waals surface area contributed by atoms with Crippen molar-refractivity contribution >= 4 is 34.4 Å². The number of nitrogens with zero attached hydrogens (tertiary/aromatic N) is 2. The average molecular weight is 409 g/mol. The van der Waals surface area contributed by atoms with Gasteiger partial charge in [-0.3, -0.25) is 9.59 Å². The van der Waals surface area contributed by atoms with E-state index in [-0.39, 0.29) is 11.8 Å². The maximum Gasteiger partial charge on any atom is 0.282 e. The fourth-order valence-corrected chi connectivity index (χ4v) is 5.04. The number of unbranched alkanes of at least 4 members (excludes halogenated alkanes) is 1. The Hall–Kier alpha value is -2.40. The summed E-state index contributed by atoms with van der Waals surface area (Å²) in [4.78, 5) is 31.3. The van der Waals surface area contributed by atoms with Gasteiger partial charge >= 0.3 is 0 Å². The number of likely N-dealkylation sites (tertiary alicyclic amines) is 1. The molecule has 2 aliphatic rings. The van der Waals surface area contributed by atoms with Crippen molar-refractivity contribution in [1.29, 1.82) is 0 Å². The number of thiophene rings is 1. The van der Waals surface area contributed by atoms with Crippen LogP contribution in [0.25, 0.3) is 5.57 Å². The highest BCUT2D eigenvalue weighted by Crippen LogP contribution is 2.37. The SMILES string of the molecule is CCCCc1ccc(N2C(=O)C(c3cccs3)=C(N3CCCC(C)C3)C2=O)cc1. The Balaban J connectivity index is 1.69. The van der Waals surface area contributed by atoms with Crippen LogP contribution >= 0.6 is 11.3 Å². The number of anilines is 1.